The van der Waals surface area contributed by atoms with Crippen molar-refractivity contribution in [3.05, 3.63) is 23.8 Å². The summed E-state index contributed by atoms with van der Waals surface area (Å²) in [6.45, 7) is 4.96. The van der Waals surface area contributed by atoms with Gasteiger partial charge >= 0.3 is 0 Å². The molecule has 1 aromatic carbocycles. The van der Waals surface area contributed by atoms with Crippen molar-refractivity contribution in [2.45, 2.75) is 46.0 Å². The Morgan fingerprint density at radius 2 is 1.94 bits per heavy atom. The van der Waals surface area contributed by atoms with Gasteiger partial charge in [-0.1, -0.05) is 45.2 Å². The van der Waals surface area contributed by atoms with Crippen LogP contribution in [0.3, 0.4) is 0 Å². The number of hydrogen-bond donors (Lipinski definition) is 1. The number of rotatable bonds is 7. The van der Waals surface area contributed by atoms with Crippen LogP contribution in [0, 0.1) is 0 Å². The Bertz CT molecular complexity index is 308. The number of unbranched alkanes of at least 4 members (excludes halogenated alkanes) is 3. The minimum atomic E-state index is 0.259. The fraction of sp³-hybridized carbons (Fsp3) is 0.571. The van der Waals surface area contributed by atoms with Crippen LogP contribution in [-0.4, -0.2) is 11.7 Å². The molecule has 1 N–H and O–H groups in total. The fourth-order valence-corrected chi connectivity index (χ4v) is 1.72. The van der Waals surface area contributed by atoms with E-state index in [1.807, 2.05) is 12.1 Å². The lowest BCUT2D eigenvalue weighted by molar-refractivity contribution is 0.286. The van der Waals surface area contributed by atoms with E-state index in [9.17, 15) is 5.11 Å². The number of phenols is 1. The van der Waals surface area contributed by atoms with Crippen LogP contribution >= 0.6 is 0 Å². The topological polar surface area (TPSA) is 29.5 Å². The summed E-state index contributed by atoms with van der Waals surface area (Å²) >= 11 is 0. The Hall–Kier alpha value is -1.18. The van der Waals surface area contributed by atoms with Gasteiger partial charge in [0, 0.05) is 0 Å². The third-order valence-corrected chi connectivity index (χ3v) is 2.70. The highest BCUT2D eigenvalue weighted by Gasteiger charge is 2.06. The van der Waals surface area contributed by atoms with Crippen LogP contribution in [0.1, 0.15) is 45.1 Å². The van der Waals surface area contributed by atoms with Crippen molar-refractivity contribution in [1.29, 1.82) is 0 Å². The molecule has 90 valence electrons. The van der Waals surface area contributed by atoms with Crippen LogP contribution in [0.25, 0.3) is 0 Å². The smallest absolute Gasteiger partial charge is 0.164 e. The molecule has 0 saturated carbocycles. The number of phenolic OH excluding ortho intramolecular Hbond substituents is 1. The molecular formula is C14H22O2. The molecule has 0 fully saturated rings. The quantitative estimate of drug-likeness (QED) is 0.709. The second-order valence-electron chi connectivity index (χ2n) is 4.03. The van der Waals surface area contributed by atoms with E-state index in [4.69, 9.17) is 4.74 Å². The third-order valence-electron chi connectivity index (χ3n) is 2.70. The second kappa shape index (κ2) is 7.15. The molecule has 1 aromatic rings. The zero-order chi connectivity index (χ0) is 11.8. The Labute approximate surface area is 98.3 Å². The normalized spacial score (nSPS) is 10.4. The van der Waals surface area contributed by atoms with Crippen molar-refractivity contribution in [1.82, 2.24) is 0 Å². The predicted octanol–water partition coefficient (Wildman–Crippen LogP) is 3.91. The summed E-state index contributed by atoms with van der Waals surface area (Å²) in [5.74, 6) is 0.927. The summed E-state index contributed by atoms with van der Waals surface area (Å²) in [5.41, 5.74) is 1.08. The van der Waals surface area contributed by atoms with Gasteiger partial charge < -0.3 is 9.84 Å². The Kier molecular flexibility index (Phi) is 5.76. The van der Waals surface area contributed by atoms with Gasteiger partial charge in [-0.15, -0.1) is 0 Å². The van der Waals surface area contributed by atoms with Gasteiger partial charge in [-0.25, -0.2) is 0 Å². The molecule has 0 radical (unpaired) electrons. The lowest BCUT2D eigenvalue weighted by Crippen LogP contribution is -2.00. The molecule has 0 aromatic heterocycles. The van der Waals surface area contributed by atoms with Crippen LogP contribution in [-0.2, 0) is 6.42 Å². The second-order valence-corrected chi connectivity index (χ2v) is 4.03. The predicted molar refractivity (Wildman–Crippen MR) is 67.1 cm³/mol. The van der Waals surface area contributed by atoms with Gasteiger partial charge in [0.2, 0.25) is 0 Å². The Balaban J connectivity index is 2.46. The fourth-order valence-electron chi connectivity index (χ4n) is 1.72. The van der Waals surface area contributed by atoms with Gasteiger partial charge in [0.15, 0.2) is 11.5 Å². The van der Waals surface area contributed by atoms with Gasteiger partial charge in [0.25, 0.3) is 0 Å². The summed E-state index contributed by atoms with van der Waals surface area (Å²) in [4.78, 5) is 0. The van der Waals surface area contributed by atoms with Gasteiger partial charge in [0.05, 0.1) is 6.61 Å². The molecular weight excluding hydrogens is 200 g/mol. The first-order valence-electron chi connectivity index (χ1n) is 6.23. The van der Waals surface area contributed by atoms with E-state index < -0.39 is 0 Å². The molecule has 2 nitrogen and oxygen atoms in total. The molecule has 0 saturated heterocycles. The zero-order valence-electron chi connectivity index (χ0n) is 10.3. The molecule has 0 aliphatic heterocycles. The highest BCUT2D eigenvalue weighted by atomic mass is 16.5. The summed E-state index contributed by atoms with van der Waals surface area (Å²) < 4.78 is 5.66. The van der Waals surface area contributed by atoms with Crippen molar-refractivity contribution in [3.8, 4) is 11.5 Å². The van der Waals surface area contributed by atoms with Gasteiger partial charge in [-0.3, -0.25) is 0 Å². The van der Waals surface area contributed by atoms with Gasteiger partial charge in [0.1, 0.15) is 0 Å². The average Bonchev–Trinajstić information content (AvgIpc) is 2.30. The number of para-hydroxylation sites is 1. The maximum atomic E-state index is 9.70. The third kappa shape index (κ3) is 3.76. The van der Waals surface area contributed by atoms with Gasteiger partial charge in [-0.05, 0) is 24.5 Å². The van der Waals surface area contributed by atoms with E-state index in [0.29, 0.717) is 12.4 Å². The Morgan fingerprint density at radius 1 is 1.12 bits per heavy atom. The summed E-state index contributed by atoms with van der Waals surface area (Å²) in [6, 6.07) is 5.54. The van der Waals surface area contributed by atoms with Crippen LogP contribution < -0.4 is 4.74 Å². The van der Waals surface area contributed by atoms with E-state index in [0.717, 1.165) is 18.4 Å². The average molecular weight is 222 g/mol. The van der Waals surface area contributed by atoms with Crippen molar-refractivity contribution in [2.24, 2.45) is 0 Å². The Morgan fingerprint density at radius 3 is 2.62 bits per heavy atom. The molecule has 0 aliphatic carbocycles. The number of aromatic hydroxyl groups is 1. The molecule has 0 unspecified atom stereocenters. The standard InChI is InChI=1S/C14H22O2/c1-3-5-6-7-11-16-14-12(4-2)9-8-10-13(14)15/h8-10,15H,3-7,11H2,1-2H3. The SMILES string of the molecule is CCCCCCOc1c(O)cccc1CC. The lowest BCUT2D eigenvalue weighted by atomic mass is 10.1. The highest BCUT2D eigenvalue weighted by Crippen LogP contribution is 2.30. The molecule has 0 heterocycles. The summed E-state index contributed by atoms with van der Waals surface area (Å²) in [5, 5.41) is 9.70. The van der Waals surface area contributed by atoms with Crippen molar-refractivity contribution in [2.75, 3.05) is 6.61 Å². The minimum Gasteiger partial charge on any atom is -0.504 e. The largest absolute Gasteiger partial charge is 0.504 e. The minimum absolute atomic E-state index is 0.259. The molecule has 0 aliphatic rings. The molecule has 16 heavy (non-hydrogen) atoms. The summed E-state index contributed by atoms with van der Waals surface area (Å²) in [7, 11) is 0. The zero-order valence-corrected chi connectivity index (χ0v) is 10.3. The highest BCUT2D eigenvalue weighted by molar-refractivity contribution is 5.45. The molecule has 2 heteroatoms. The maximum Gasteiger partial charge on any atom is 0.164 e. The monoisotopic (exact) mass is 222 g/mol. The first-order chi connectivity index (χ1) is 7.79. The van der Waals surface area contributed by atoms with Crippen LogP contribution in [0.5, 0.6) is 11.5 Å². The molecule has 0 atom stereocenters. The summed E-state index contributed by atoms with van der Waals surface area (Å²) in [6.07, 6.45) is 5.64. The number of ether oxygens (including phenoxy) is 1. The van der Waals surface area contributed by atoms with E-state index >= 15 is 0 Å². The maximum absolute atomic E-state index is 9.70. The molecule has 1 rings (SSSR count). The van der Waals surface area contributed by atoms with Crippen LogP contribution in [0.4, 0.5) is 0 Å². The molecule has 0 amide bonds. The molecule has 0 bridgehead atoms. The van der Waals surface area contributed by atoms with E-state index in [1.165, 1.54) is 19.3 Å². The first kappa shape index (κ1) is 12.9. The van der Waals surface area contributed by atoms with E-state index in [-0.39, 0.29) is 5.75 Å². The van der Waals surface area contributed by atoms with Crippen LogP contribution in [0.2, 0.25) is 0 Å². The van der Waals surface area contributed by atoms with E-state index in [1.54, 1.807) is 6.07 Å². The van der Waals surface area contributed by atoms with Crippen molar-refractivity contribution < 1.29 is 9.84 Å². The van der Waals surface area contributed by atoms with Gasteiger partial charge in [-0.2, -0.15) is 0 Å². The number of aryl methyl sites for hydroxylation is 1. The van der Waals surface area contributed by atoms with E-state index in [2.05, 4.69) is 13.8 Å². The molecule has 0 spiro atoms. The van der Waals surface area contributed by atoms with Crippen LogP contribution in [0.15, 0.2) is 18.2 Å². The lowest BCUT2D eigenvalue weighted by Gasteiger charge is -2.11. The van der Waals surface area contributed by atoms with Crippen molar-refractivity contribution >= 4 is 0 Å². The first-order valence-corrected chi connectivity index (χ1v) is 6.23. The number of benzene rings is 1. The van der Waals surface area contributed by atoms with Crippen molar-refractivity contribution in [3.63, 3.8) is 0 Å². The number of hydrogen-bond acceptors (Lipinski definition) is 2.